The Labute approximate surface area is 206 Å². The molecule has 1 heterocycles. The lowest BCUT2D eigenvalue weighted by atomic mass is 10.0. The molecule has 0 radical (unpaired) electrons. The first kappa shape index (κ1) is 29.9. The van der Waals surface area contributed by atoms with Crippen LogP contribution in [0.4, 0.5) is 0 Å². The number of likely N-dealkylation sites (N-methyl/N-ethyl adjacent to an activating group) is 1. The second-order valence-electron chi connectivity index (χ2n) is 10.2. The van der Waals surface area contributed by atoms with Gasteiger partial charge in [-0.1, -0.05) is 103 Å². The molecule has 4 heteroatoms. The SMILES string of the molecule is CCCCCCCCCCCCCCCC/C=C/CCC1N=CC[N+]1(CC)CCNC(C)=O. The Morgan fingerprint density at radius 2 is 1.42 bits per heavy atom. The molecule has 1 amide bonds. The predicted molar refractivity (Wildman–Crippen MR) is 145 cm³/mol. The van der Waals surface area contributed by atoms with Crippen molar-refractivity contribution in [2.45, 2.75) is 136 Å². The van der Waals surface area contributed by atoms with Crippen LogP contribution in [-0.4, -0.2) is 48.9 Å². The lowest BCUT2D eigenvalue weighted by molar-refractivity contribution is -0.935. The van der Waals surface area contributed by atoms with Crippen molar-refractivity contribution >= 4 is 12.1 Å². The molecule has 0 fully saturated rings. The molecule has 0 aromatic carbocycles. The summed E-state index contributed by atoms with van der Waals surface area (Å²) in [6.07, 6.45) is 30.6. The van der Waals surface area contributed by atoms with Gasteiger partial charge in [-0.05, 0) is 26.2 Å². The summed E-state index contributed by atoms with van der Waals surface area (Å²) in [5.74, 6) is 0.0624. The summed E-state index contributed by atoms with van der Waals surface area (Å²) in [6.45, 7) is 9.94. The van der Waals surface area contributed by atoms with Crippen LogP contribution in [0.25, 0.3) is 0 Å². The van der Waals surface area contributed by atoms with Gasteiger partial charge in [-0.2, -0.15) is 0 Å². The number of nitrogens with one attached hydrogen (secondary N) is 1. The number of aliphatic imine (C=N–C) groups is 1. The van der Waals surface area contributed by atoms with Crippen LogP contribution in [0.2, 0.25) is 0 Å². The summed E-state index contributed by atoms with van der Waals surface area (Å²) >= 11 is 0. The quantitative estimate of drug-likeness (QED) is 0.101. The zero-order chi connectivity index (χ0) is 24.0. The van der Waals surface area contributed by atoms with Crippen molar-refractivity contribution in [2.75, 3.05) is 26.2 Å². The molecule has 1 aliphatic heterocycles. The van der Waals surface area contributed by atoms with Crippen LogP contribution < -0.4 is 5.32 Å². The van der Waals surface area contributed by atoms with Gasteiger partial charge in [0.05, 0.1) is 25.8 Å². The van der Waals surface area contributed by atoms with Crippen molar-refractivity contribution in [3.8, 4) is 0 Å². The molecule has 0 saturated heterocycles. The van der Waals surface area contributed by atoms with Crippen molar-refractivity contribution in [1.82, 2.24) is 5.32 Å². The number of hydrogen-bond donors (Lipinski definition) is 1. The van der Waals surface area contributed by atoms with E-state index in [0.717, 1.165) is 43.5 Å². The molecule has 33 heavy (non-hydrogen) atoms. The smallest absolute Gasteiger partial charge is 0.217 e. The lowest BCUT2D eigenvalue weighted by Crippen LogP contribution is -2.55. The third-order valence-corrected chi connectivity index (χ3v) is 7.40. The molecule has 4 nitrogen and oxygen atoms in total. The van der Waals surface area contributed by atoms with Crippen molar-refractivity contribution in [2.24, 2.45) is 4.99 Å². The highest BCUT2D eigenvalue weighted by Gasteiger charge is 2.37. The van der Waals surface area contributed by atoms with Gasteiger partial charge in [-0.3, -0.25) is 9.28 Å². The fourth-order valence-corrected chi connectivity index (χ4v) is 5.07. The zero-order valence-corrected chi connectivity index (χ0v) is 22.5. The van der Waals surface area contributed by atoms with Crippen molar-refractivity contribution in [3.63, 3.8) is 0 Å². The van der Waals surface area contributed by atoms with Gasteiger partial charge in [0.15, 0.2) is 6.17 Å². The summed E-state index contributed by atoms with van der Waals surface area (Å²) in [4.78, 5) is 16.0. The number of amides is 1. The molecule has 0 aromatic heterocycles. The van der Waals surface area contributed by atoms with E-state index in [0.29, 0.717) is 6.17 Å². The molecule has 1 aliphatic rings. The number of rotatable bonds is 22. The summed E-state index contributed by atoms with van der Waals surface area (Å²) in [6, 6.07) is 0. The molecular formula is C29H56N3O+. The molecule has 0 aliphatic carbocycles. The number of carbonyl (C=O) groups is 1. The van der Waals surface area contributed by atoms with Gasteiger partial charge in [-0.15, -0.1) is 0 Å². The van der Waals surface area contributed by atoms with Gasteiger partial charge >= 0.3 is 0 Å². The maximum Gasteiger partial charge on any atom is 0.217 e. The first-order chi connectivity index (χ1) is 16.1. The van der Waals surface area contributed by atoms with Crippen molar-refractivity contribution < 1.29 is 9.28 Å². The minimum absolute atomic E-state index is 0.0624. The Bertz CT molecular complexity index is 531. The van der Waals surface area contributed by atoms with Crippen molar-refractivity contribution in [3.05, 3.63) is 12.2 Å². The first-order valence-electron chi connectivity index (χ1n) is 14.4. The van der Waals surface area contributed by atoms with Crippen LogP contribution in [0.5, 0.6) is 0 Å². The molecular weight excluding hydrogens is 406 g/mol. The Morgan fingerprint density at radius 1 is 0.879 bits per heavy atom. The molecule has 2 unspecified atom stereocenters. The third-order valence-electron chi connectivity index (χ3n) is 7.40. The largest absolute Gasteiger partial charge is 0.351 e. The minimum Gasteiger partial charge on any atom is -0.351 e. The van der Waals surface area contributed by atoms with Crippen LogP contribution >= 0.6 is 0 Å². The molecule has 0 saturated carbocycles. The van der Waals surface area contributed by atoms with Crippen LogP contribution in [0.3, 0.4) is 0 Å². The van der Waals surface area contributed by atoms with Crippen LogP contribution in [0, 0.1) is 0 Å². The molecule has 2 atom stereocenters. The normalized spacial score (nSPS) is 20.2. The maximum atomic E-state index is 11.2. The van der Waals surface area contributed by atoms with E-state index in [1.165, 1.54) is 96.3 Å². The predicted octanol–water partition coefficient (Wildman–Crippen LogP) is 7.58. The monoisotopic (exact) mass is 462 g/mol. The van der Waals surface area contributed by atoms with E-state index in [2.05, 4.69) is 37.5 Å². The van der Waals surface area contributed by atoms with E-state index in [-0.39, 0.29) is 5.91 Å². The second kappa shape index (κ2) is 20.2. The van der Waals surface area contributed by atoms with Gasteiger partial charge in [0, 0.05) is 13.3 Å². The average molecular weight is 463 g/mol. The highest BCUT2D eigenvalue weighted by molar-refractivity contribution is 5.72. The summed E-state index contributed by atoms with van der Waals surface area (Å²) in [5.41, 5.74) is 0. The Morgan fingerprint density at radius 3 is 1.97 bits per heavy atom. The van der Waals surface area contributed by atoms with Gasteiger partial charge in [0.2, 0.25) is 5.91 Å². The summed E-state index contributed by atoms with van der Waals surface area (Å²) in [5, 5.41) is 2.96. The highest BCUT2D eigenvalue weighted by Crippen LogP contribution is 2.23. The van der Waals surface area contributed by atoms with E-state index in [9.17, 15) is 4.79 Å². The fourth-order valence-electron chi connectivity index (χ4n) is 5.07. The molecule has 0 bridgehead atoms. The topological polar surface area (TPSA) is 41.5 Å². The van der Waals surface area contributed by atoms with Gasteiger partial charge in [0.1, 0.15) is 6.54 Å². The number of nitrogens with zero attached hydrogens (tertiary/aromatic N) is 2. The van der Waals surface area contributed by atoms with Gasteiger partial charge in [0.25, 0.3) is 0 Å². The maximum absolute atomic E-state index is 11.2. The minimum atomic E-state index is 0.0624. The zero-order valence-electron chi connectivity index (χ0n) is 22.5. The molecule has 1 N–H and O–H groups in total. The number of quaternary nitrogens is 1. The van der Waals surface area contributed by atoms with Crippen LogP contribution in [0.1, 0.15) is 130 Å². The Kier molecular flexibility index (Phi) is 18.3. The Balaban J connectivity index is 1.95. The molecule has 1 rings (SSSR count). The van der Waals surface area contributed by atoms with Gasteiger partial charge < -0.3 is 5.32 Å². The summed E-state index contributed by atoms with van der Waals surface area (Å²) < 4.78 is 0.993. The van der Waals surface area contributed by atoms with Gasteiger partial charge in [-0.25, -0.2) is 4.99 Å². The lowest BCUT2D eigenvalue weighted by Gasteiger charge is -2.38. The fraction of sp³-hybridized carbons (Fsp3) is 0.862. The third kappa shape index (κ3) is 14.7. The van der Waals surface area contributed by atoms with E-state index >= 15 is 0 Å². The Hall–Kier alpha value is -1.16. The summed E-state index contributed by atoms with van der Waals surface area (Å²) in [7, 11) is 0. The second-order valence-corrected chi connectivity index (χ2v) is 10.2. The molecule has 192 valence electrons. The molecule has 0 aromatic rings. The number of allylic oxidation sites excluding steroid dienone is 2. The number of hydrogen-bond acceptors (Lipinski definition) is 2. The highest BCUT2D eigenvalue weighted by atomic mass is 16.1. The molecule has 0 spiro atoms. The van der Waals surface area contributed by atoms with Crippen molar-refractivity contribution in [1.29, 1.82) is 0 Å². The van der Waals surface area contributed by atoms with E-state index in [1.807, 2.05) is 0 Å². The number of unbranched alkanes of at least 4 members (excludes halogenated alkanes) is 14. The van der Waals surface area contributed by atoms with E-state index in [1.54, 1.807) is 6.92 Å². The average Bonchev–Trinajstić information content (AvgIpc) is 3.21. The standard InChI is InChI=1S/C29H55N3O/c1-4-6-7-8-9-10-11-12-13-14-15-16-17-18-19-20-21-22-23-29-31-25-27-32(29,5-2)26-24-30-28(3)33/h20-21,25,29H,4-19,22-24,26-27H2,1-3H3/p+1/b21-20+. The van der Waals surface area contributed by atoms with Crippen LogP contribution in [0.15, 0.2) is 17.1 Å². The first-order valence-corrected chi connectivity index (χ1v) is 14.4. The van der Waals surface area contributed by atoms with E-state index < -0.39 is 0 Å². The number of carbonyl (C=O) groups excluding carboxylic acids is 1. The van der Waals surface area contributed by atoms with Crippen LogP contribution in [-0.2, 0) is 4.79 Å². The van der Waals surface area contributed by atoms with E-state index in [4.69, 9.17) is 4.99 Å².